The van der Waals surface area contributed by atoms with Crippen molar-refractivity contribution in [3.8, 4) is 0 Å². The van der Waals surface area contributed by atoms with Crippen molar-refractivity contribution in [1.82, 2.24) is 10.2 Å². The van der Waals surface area contributed by atoms with Crippen molar-refractivity contribution in [2.24, 2.45) is 5.92 Å². The molecule has 4 nitrogen and oxygen atoms in total. The number of benzene rings is 1. The van der Waals surface area contributed by atoms with Gasteiger partial charge in [-0.2, -0.15) is 0 Å². The Bertz CT molecular complexity index is 479. The van der Waals surface area contributed by atoms with Crippen molar-refractivity contribution in [3.63, 3.8) is 0 Å². The van der Waals surface area contributed by atoms with Gasteiger partial charge in [0.25, 0.3) is 0 Å². The summed E-state index contributed by atoms with van der Waals surface area (Å²) >= 11 is 0. The first kappa shape index (κ1) is 17.3. The van der Waals surface area contributed by atoms with Gasteiger partial charge in [-0.1, -0.05) is 30.3 Å². The van der Waals surface area contributed by atoms with E-state index in [0.717, 1.165) is 18.0 Å². The molecule has 1 saturated heterocycles. The summed E-state index contributed by atoms with van der Waals surface area (Å²) in [7, 11) is 0. The molecule has 5 heteroatoms. The molecule has 3 rings (SSSR count). The van der Waals surface area contributed by atoms with Crippen LogP contribution in [0.4, 0.5) is 0 Å². The van der Waals surface area contributed by atoms with E-state index in [4.69, 9.17) is 4.74 Å². The standard InChI is InChI=1S/C17H24N2O2.ClH/c1-13-11-19(17(20)10-18-9-14-7-8-14)16(12-21-13)15-5-3-2-4-6-15;/h2-6,13-14,16,18H,7-12H2,1H3;1H. The summed E-state index contributed by atoms with van der Waals surface area (Å²) in [6.45, 7) is 4.69. The quantitative estimate of drug-likeness (QED) is 0.904. The fourth-order valence-corrected chi connectivity index (χ4v) is 2.84. The number of amides is 1. The lowest BCUT2D eigenvalue weighted by atomic mass is 10.0. The number of morpholine rings is 1. The van der Waals surface area contributed by atoms with Gasteiger partial charge < -0.3 is 15.0 Å². The molecule has 0 aromatic heterocycles. The van der Waals surface area contributed by atoms with E-state index < -0.39 is 0 Å². The Morgan fingerprint density at radius 1 is 1.32 bits per heavy atom. The molecule has 1 amide bonds. The van der Waals surface area contributed by atoms with E-state index in [1.807, 2.05) is 30.0 Å². The van der Waals surface area contributed by atoms with Gasteiger partial charge in [-0.15, -0.1) is 12.4 Å². The summed E-state index contributed by atoms with van der Waals surface area (Å²) in [6, 6.07) is 10.2. The van der Waals surface area contributed by atoms with Gasteiger partial charge in [0, 0.05) is 6.54 Å². The van der Waals surface area contributed by atoms with Crippen LogP contribution < -0.4 is 5.32 Å². The molecular weight excluding hydrogens is 300 g/mol. The maximum absolute atomic E-state index is 12.5. The molecule has 1 aromatic carbocycles. The van der Waals surface area contributed by atoms with Crippen LogP contribution in [0.5, 0.6) is 0 Å². The highest BCUT2D eigenvalue weighted by atomic mass is 35.5. The Hall–Kier alpha value is -1.10. The van der Waals surface area contributed by atoms with E-state index >= 15 is 0 Å². The Morgan fingerprint density at radius 3 is 2.73 bits per heavy atom. The predicted molar refractivity (Wildman–Crippen MR) is 89.2 cm³/mol. The zero-order chi connectivity index (χ0) is 14.7. The topological polar surface area (TPSA) is 41.6 Å². The Morgan fingerprint density at radius 2 is 2.05 bits per heavy atom. The molecule has 1 aromatic rings. The largest absolute Gasteiger partial charge is 0.374 e. The third kappa shape index (κ3) is 4.45. The average Bonchev–Trinajstić information content (AvgIpc) is 3.32. The number of halogens is 1. The van der Waals surface area contributed by atoms with Crippen LogP contribution in [0.2, 0.25) is 0 Å². The van der Waals surface area contributed by atoms with E-state index in [1.54, 1.807) is 0 Å². The molecular formula is C17H25ClN2O2. The van der Waals surface area contributed by atoms with Crippen LogP contribution in [-0.4, -0.2) is 43.2 Å². The van der Waals surface area contributed by atoms with E-state index in [2.05, 4.69) is 17.4 Å². The minimum Gasteiger partial charge on any atom is -0.374 e. The molecule has 1 aliphatic heterocycles. The first-order valence-electron chi connectivity index (χ1n) is 7.91. The molecule has 22 heavy (non-hydrogen) atoms. The van der Waals surface area contributed by atoms with Crippen molar-refractivity contribution < 1.29 is 9.53 Å². The molecule has 1 aliphatic carbocycles. The summed E-state index contributed by atoms with van der Waals surface area (Å²) in [4.78, 5) is 14.5. The van der Waals surface area contributed by atoms with Gasteiger partial charge in [-0.25, -0.2) is 0 Å². The SMILES string of the molecule is CC1CN(C(=O)CNCC2CC2)C(c2ccccc2)CO1.Cl. The molecule has 0 bridgehead atoms. The fourth-order valence-electron chi connectivity index (χ4n) is 2.84. The molecule has 2 atom stereocenters. The van der Waals surface area contributed by atoms with Gasteiger partial charge in [-0.3, -0.25) is 4.79 Å². The number of rotatable bonds is 5. The van der Waals surface area contributed by atoms with Crippen molar-refractivity contribution in [1.29, 1.82) is 0 Å². The Labute approximate surface area is 138 Å². The van der Waals surface area contributed by atoms with Crippen molar-refractivity contribution in [2.45, 2.75) is 31.9 Å². The van der Waals surface area contributed by atoms with E-state index in [-0.39, 0.29) is 30.5 Å². The zero-order valence-electron chi connectivity index (χ0n) is 13.0. The number of carbonyl (C=O) groups excluding carboxylic acids is 1. The number of nitrogens with zero attached hydrogens (tertiary/aromatic N) is 1. The number of hydrogen-bond acceptors (Lipinski definition) is 3. The van der Waals surface area contributed by atoms with Crippen molar-refractivity contribution in [3.05, 3.63) is 35.9 Å². The lowest BCUT2D eigenvalue weighted by molar-refractivity contribution is -0.143. The summed E-state index contributed by atoms with van der Waals surface area (Å²) < 4.78 is 5.76. The van der Waals surface area contributed by atoms with Gasteiger partial charge in [0.15, 0.2) is 0 Å². The minimum atomic E-state index is 0. The summed E-state index contributed by atoms with van der Waals surface area (Å²) in [5.74, 6) is 0.978. The van der Waals surface area contributed by atoms with Gasteiger partial charge in [0.2, 0.25) is 5.91 Å². The fraction of sp³-hybridized carbons (Fsp3) is 0.588. The van der Waals surface area contributed by atoms with Crippen molar-refractivity contribution >= 4 is 18.3 Å². The van der Waals surface area contributed by atoms with E-state index in [9.17, 15) is 4.79 Å². The first-order chi connectivity index (χ1) is 10.2. The molecule has 0 radical (unpaired) electrons. The van der Waals surface area contributed by atoms with Crippen LogP contribution in [-0.2, 0) is 9.53 Å². The Kier molecular flexibility index (Phi) is 6.24. The number of hydrogen-bond donors (Lipinski definition) is 1. The molecule has 2 aliphatic rings. The highest BCUT2D eigenvalue weighted by Gasteiger charge is 2.31. The van der Waals surface area contributed by atoms with Gasteiger partial charge in [-0.05, 0) is 37.8 Å². The van der Waals surface area contributed by atoms with Gasteiger partial charge in [0.05, 0.1) is 25.3 Å². The second-order valence-corrected chi connectivity index (χ2v) is 6.19. The van der Waals surface area contributed by atoms with Gasteiger partial charge >= 0.3 is 0 Å². The number of carbonyl (C=O) groups is 1. The minimum absolute atomic E-state index is 0. The van der Waals surface area contributed by atoms with Crippen molar-refractivity contribution in [2.75, 3.05) is 26.2 Å². The molecule has 0 spiro atoms. The normalized spacial score (nSPS) is 24.7. The summed E-state index contributed by atoms with van der Waals surface area (Å²) in [5, 5.41) is 3.30. The highest BCUT2D eigenvalue weighted by Crippen LogP contribution is 2.28. The monoisotopic (exact) mass is 324 g/mol. The smallest absolute Gasteiger partial charge is 0.237 e. The summed E-state index contributed by atoms with van der Waals surface area (Å²) in [5.41, 5.74) is 1.15. The van der Waals surface area contributed by atoms with Crippen LogP contribution >= 0.6 is 12.4 Å². The maximum atomic E-state index is 12.5. The van der Waals surface area contributed by atoms with Crippen LogP contribution in [0.3, 0.4) is 0 Å². The molecule has 1 heterocycles. The second-order valence-electron chi connectivity index (χ2n) is 6.19. The van der Waals surface area contributed by atoms with Crippen LogP contribution in [0, 0.1) is 5.92 Å². The highest BCUT2D eigenvalue weighted by molar-refractivity contribution is 5.85. The molecule has 1 saturated carbocycles. The lowest BCUT2D eigenvalue weighted by Crippen LogP contribution is -2.49. The maximum Gasteiger partial charge on any atom is 0.237 e. The van der Waals surface area contributed by atoms with Gasteiger partial charge in [0.1, 0.15) is 0 Å². The Balaban J connectivity index is 0.00000176. The van der Waals surface area contributed by atoms with E-state index in [0.29, 0.717) is 19.7 Å². The van der Waals surface area contributed by atoms with Crippen LogP contribution in [0.15, 0.2) is 30.3 Å². The third-order valence-corrected chi connectivity index (χ3v) is 4.28. The summed E-state index contributed by atoms with van der Waals surface area (Å²) in [6.07, 6.45) is 2.72. The molecule has 1 N–H and O–H groups in total. The second kappa shape index (κ2) is 7.95. The van der Waals surface area contributed by atoms with Crippen LogP contribution in [0.1, 0.15) is 31.4 Å². The molecule has 2 fully saturated rings. The first-order valence-corrected chi connectivity index (χ1v) is 7.91. The molecule has 122 valence electrons. The zero-order valence-corrected chi connectivity index (χ0v) is 13.8. The number of nitrogens with one attached hydrogen (secondary N) is 1. The third-order valence-electron chi connectivity index (χ3n) is 4.28. The lowest BCUT2D eigenvalue weighted by Gasteiger charge is -2.39. The average molecular weight is 325 g/mol. The predicted octanol–water partition coefficient (Wildman–Crippen LogP) is 2.40. The van der Waals surface area contributed by atoms with E-state index in [1.165, 1.54) is 12.8 Å². The molecule has 2 unspecified atom stereocenters. The number of ether oxygens (including phenoxy) is 1. The van der Waals surface area contributed by atoms with Crippen LogP contribution in [0.25, 0.3) is 0 Å².